The van der Waals surface area contributed by atoms with E-state index < -0.39 is 11.1 Å². The molecule has 0 fully saturated rings. The molecule has 0 aliphatic carbocycles. The van der Waals surface area contributed by atoms with Crippen molar-refractivity contribution in [1.82, 2.24) is 0 Å². The van der Waals surface area contributed by atoms with Gasteiger partial charge in [-0.05, 0) is 17.5 Å². The van der Waals surface area contributed by atoms with Crippen molar-refractivity contribution in [1.29, 1.82) is 0 Å². The van der Waals surface area contributed by atoms with Crippen LogP contribution in [0.4, 0.5) is 13.2 Å². The van der Waals surface area contributed by atoms with E-state index in [4.69, 9.17) is 0 Å². The Bertz CT molecular complexity index is 395. The van der Waals surface area contributed by atoms with Gasteiger partial charge in [-0.3, -0.25) is 0 Å². The third-order valence-corrected chi connectivity index (χ3v) is 2.87. The minimum absolute atomic E-state index is 0.534. The van der Waals surface area contributed by atoms with Crippen LogP contribution in [-0.4, -0.2) is 0 Å². The molecule has 1 aromatic heterocycles. The van der Waals surface area contributed by atoms with E-state index in [-0.39, 0.29) is 0 Å². The summed E-state index contributed by atoms with van der Waals surface area (Å²) in [7, 11) is 0. The van der Waals surface area contributed by atoms with Gasteiger partial charge in [-0.2, -0.15) is 13.2 Å². The van der Waals surface area contributed by atoms with Crippen LogP contribution in [0, 0.1) is 0 Å². The highest BCUT2D eigenvalue weighted by Gasteiger charge is 2.32. The topological polar surface area (TPSA) is 0 Å². The fourth-order valence-corrected chi connectivity index (χ4v) is 2.05. The maximum absolute atomic E-state index is 12.2. The van der Waals surface area contributed by atoms with Crippen LogP contribution in [0.25, 0.3) is 10.1 Å². The second-order valence-corrected chi connectivity index (χ2v) is 3.73. The summed E-state index contributed by atoms with van der Waals surface area (Å²) in [4.78, 5) is -0.534. The Morgan fingerprint density at radius 2 is 1.77 bits per heavy atom. The van der Waals surface area contributed by atoms with Crippen LogP contribution in [0.5, 0.6) is 0 Å². The zero-order valence-corrected chi connectivity index (χ0v) is 7.25. The van der Waals surface area contributed by atoms with E-state index in [1.165, 1.54) is 6.07 Å². The van der Waals surface area contributed by atoms with E-state index in [9.17, 15) is 13.2 Å². The third-order valence-electron chi connectivity index (χ3n) is 1.70. The molecule has 2 rings (SSSR count). The molecular formula is C9H5F3S. The van der Waals surface area contributed by atoms with Gasteiger partial charge in [-0.15, -0.1) is 11.3 Å². The minimum Gasteiger partial charge on any atom is -0.165 e. The van der Waals surface area contributed by atoms with Crippen molar-refractivity contribution < 1.29 is 13.2 Å². The second-order valence-electron chi connectivity index (χ2n) is 2.65. The zero-order valence-electron chi connectivity index (χ0n) is 6.43. The van der Waals surface area contributed by atoms with Gasteiger partial charge in [0.25, 0.3) is 0 Å². The molecule has 1 heterocycles. The molecule has 0 radical (unpaired) electrons. The van der Waals surface area contributed by atoms with Crippen LogP contribution in [0.2, 0.25) is 0 Å². The van der Waals surface area contributed by atoms with Crippen molar-refractivity contribution in [2.75, 3.05) is 0 Å². The second kappa shape index (κ2) is 2.73. The molecule has 0 N–H and O–H groups in total. The molecule has 0 unspecified atom stereocenters. The number of halogens is 3. The molecule has 0 saturated heterocycles. The van der Waals surface area contributed by atoms with E-state index in [1.807, 2.05) is 0 Å². The molecule has 0 spiro atoms. The number of benzene rings is 1. The molecule has 0 atom stereocenters. The molecule has 4 heteroatoms. The van der Waals surface area contributed by atoms with Gasteiger partial charge in [0, 0.05) is 4.70 Å². The van der Waals surface area contributed by atoms with E-state index in [1.54, 1.807) is 24.3 Å². The van der Waals surface area contributed by atoms with Gasteiger partial charge in [0.2, 0.25) is 0 Å². The molecule has 0 nitrogen and oxygen atoms in total. The van der Waals surface area contributed by atoms with Gasteiger partial charge in [0.05, 0.1) is 0 Å². The van der Waals surface area contributed by atoms with E-state index in [0.29, 0.717) is 10.1 Å². The van der Waals surface area contributed by atoms with Crippen LogP contribution in [0.15, 0.2) is 30.3 Å². The molecule has 0 saturated carbocycles. The summed E-state index contributed by atoms with van der Waals surface area (Å²) >= 11 is 0.779. The van der Waals surface area contributed by atoms with Gasteiger partial charge in [-0.25, -0.2) is 0 Å². The summed E-state index contributed by atoms with van der Waals surface area (Å²) in [6.07, 6.45) is -4.22. The highest BCUT2D eigenvalue weighted by molar-refractivity contribution is 7.19. The maximum atomic E-state index is 12.2. The van der Waals surface area contributed by atoms with Crippen molar-refractivity contribution in [2.24, 2.45) is 0 Å². The molecule has 13 heavy (non-hydrogen) atoms. The highest BCUT2D eigenvalue weighted by Crippen LogP contribution is 2.37. The SMILES string of the molecule is FC(F)([18F])c1cc2ccccc2s1. The number of rotatable bonds is 0. The maximum Gasteiger partial charge on any atom is 0.425 e. The number of alkyl halides is 3. The molecule has 2 aromatic rings. The summed E-state index contributed by atoms with van der Waals surface area (Å²) in [5.41, 5.74) is 0. The Morgan fingerprint density at radius 3 is 2.38 bits per heavy atom. The quantitative estimate of drug-likeness (QED) is 0.606. The number of hydrogen-bond acceptors (Lipinski definition) is 1. The summed E-state index contributed by atoms with van der Waals surface area (Å²) in [5, 5.41) is 0.653. The van der Waals surface area contributed by atoms with Crippen LogP contribution < -0.4 is 0 Å². The Balaban J connectivity index is 2.63. The first-order valence-corrected chi connectivity index (χ1v) is 4.45. The Hall–Kier alpha value is -1.03. The van der Waals surface area contributed by atoms with Crippen molar-refractivity contribution >= 4 is 21.4 Å². The van der Waals surface area contributed by atoms with Gasteiger partial charge < -0.3 is 0 Å². The molecule has 0 aliphatic heterocycles. The lowest BCUT2D eigenvalue weighted by Crippen LogP contribution is -2.00. The lowest BCUT2D eigenvalue weighted by molar-refractivity contribution is -0.134. The Morgan fingerprint density at radius 1 is 1.08 bits per heavy atom. The van der Waals surface area contributed by atoms with Crippen molar-refractivity contribution in [3.05, 3.63) is 35.2 Å². The van der Waals surface area contributed by atoms with Crippen molar-refractivity contribution in [3.63, 3.8) is 0 Å². The van der Waals surface area contributed by atoms with Gasteiger partial charge in [0.1, 0.15) is 4.88 Å². The van der Waals surface area contributed by atoms with E-state index in [0.717, 1.165) is 11.3 Å². The molecule has 0 amide bonds. The minimum atomic E-state index is -4.22. The smallest absolute Gasteiger partial charge is 0.165 e. The zero-order chi connectivity index (χ0) is 9.47. The summed E-state index contributed by atoms with van der Waals surface area (Å²) in [6.45, 7) is 0. The predicted molar refractivity (Wildman–Crippen MR) is 46.8 cm³/mol. The van der Waals surface area contributed by atoms with E-state index in [2.05, 4.69) is 0 Å². The van der Waals surface area contributed by atoms with Gasteiger partial charge in [0.15, 0.2) is 0 Å². The van der Waals surface area contributed by atoms with E-state index >= 15 is 0 Å². The first-order chi connectivity index (χ1) is 6.07. The monoisotopic (exact) mass is 201 g/mol. The van der Waals surface area contributed by atoms with Crippen molar-refractivity contribution in [2.45, 2.75) is 6.18 Å². The van der Waals surface area contributed by atoms with Crippen LogP contribution >= 0.6 is 11.3 Å². The standard InChI is InChI=1S/C9H5F3S/c10-9(11,12)8-5-6-3-1-2-4-7(6)13-8/h1-5H/i10-1. The third kappa shape index (κ3) is 1.54. The van der Waals surface area contributed by atoms with Crippen LogP contribution in [0.3, 0.4) is 0 Å². The lowest BCUT2D eigenvalue weighted by Gasteiger charge is -1.99. The lowest BCUT2D eigenvalue weighted by atomic mass is 10.2. The fourth-order valence-electron chi connectivity index (χ4n) is 1.12. The normalized spacial score (nSPS) is 12.2. The molecule has 68 valence electrons. The number of thiophene rings is 1. The van der Waals surface area contributed by atoms with Crippen LogP contribution in [0.1, 0.15) is 4.88 Å². The van der Waals surface area contributed by atoms with Crippen molar-refractivity contribution in [3.8, 4) is 0 Å². The van der Waals surface area contributed by atoms with Crippen LogP contribution in [-0.2, 0) is 6.18 Å². The van der Waals surface area contributed by atoms with Gasteiger partial charge >= 0.3 is 6.18 Å². The molecule has 0 aliphatic rings. The molecular weight excluding hydrogens is 196 g/mol. The summed E-state index contributed by atoms with van der Waals surface area (Å²) in [5.74, 6) is 0. The fraction of sp³-hybridized carbons (Fsp3) is 0.111. The average molecular weight is 201 g/mol. The Labute approximate surface area is 76.6 Å². The summed E-state index contributed by atoms with van der Waals surface area (Å²) < 4.78 is 37.4. The van der Waals surface area contributed by atoms with Gasteiger partial charge in [-0.1, -0.05) is 18.2 Å². The molecule has 0 bridgehead atoms. The predicted octanol–water partition coefficient (Wildman–Crippen LogP) is 3.92. The first kappa shape index (κ1) is 8.56. The number of fused-ring (bicyclic) bond motifs is 1. The number of hydrogen-bond donors (Lipinski definition) is 0. The molecule has 1 aromatic carbocycles. The Kier molecular flexibility index (Phi) is 1.80. The largest absolute Gasteiger partial charge is 0.425 e. The average Bonchev–Trinajstić information content (AvgIpc) is 2.45. The summed E-state index contributed by atoms with van der Waals surface area (Å²) in [6, 6.07) is 8.02. The first-order valence-electron chi connectivity index (χ1n) is 3.63. The highest BCUT2D eigenvalue weighted by atomic mass is 32.1.